The van der Waals surface area contributed by atoms with E-state index in [-0.39, 0.29) is 0 Å². The van der Waals surface area contributed by atoms with Crippen molar-refractivity contribution in [3.8, 4) is 0 Å². The lowest BCUT2D eigenvalue weighted by molar-refractivity contribution is 0.159. The van der Waals surface area contributed by atoms with Gasteiger partial charge in [0.1, 0.15) is 5.82 Å². The molecule has 21 heavy (non-hydrogen) atoms. The molecule has 4 heteroatoms. The molecule has 1 aromatic rings. The molecule has 2 aliphatic rings. The highest BCUT2D eigenvalue weighted by atomic mass is 15.2. The maximum absolute atomic E-state index is 4.46. The number of piperidine rings is 2. The molecule has 2 saturated heterocycles. The van der Waals surface area contributed by atoms with E-state index in [0.29, 0.717) is 18.1 Å². The number of pyridine rings is 1. The Morgan fingerprint density at radius 1 is 1.10 bits per heavy atom. The van der Waals surface area contributed by atoms with E-state index in [1.54, 1.807) is 0 Å². The van der Waals surface area contributed by atoms with Gasteiger partial charge in [0.05, 0.1) is 0 Å². The number of rotatable bonds is 3. The van der Waals surface area contributed by atoms with Crippen LogP contribution in [0.4, 0.5) is 5.82 Å². The van der Waals surface area contributed by atoms with Crippen LogP contribution in [0.2, 0.25) is 0 Å². The van der Waals surface area contributed by atoms with Crippen LogP contribution in [0.3, 0.4) is 0 Å². The molecule has 0 amide bonds. The summed E-state index contributed by atoms with van der Waals surface area (Å²) in [6.07, 6.45) is 6.94. The summed E-state index contributed by atoms with van der Waals surface area (Å²) < 4.78 is 0. The third-order valence-electron chi connectivity index (χ3n) is 5.15. The van der Waals surface area contributed by atoms with Gasteiger partial charge in [0, 0.05) is 37.4 Å². The summed E-state index contributed by atoms with van der Waals surface area (Å²) in [5, 5.41) is 3.91. The molecular formula is C17H28N4. The molecule has 1 N–H and O–H groups in total. The fourth-order valence-corrected chi connectivity index (χ4v) is 3.59. The van der Waals surface area contributed by atoms with Crippen LogP contribution >= 0.6 is 0 Å². The van der Waals surface area contributed by atoms with Crippen LogP contribution in [0.25, 0.3) is 0 Å². The van der Waals surface area contributed by atoms with E-state index in [1.807, 2.05) is 12.3 Å². The molecule has 1 aromatic heterocycles. The van der Waals surface area contributed by atoms with Gasteiger partial charge in [-0.3, -0.25) is 0 Å². The van der Waals surface area contributed by atoms with Crippen molar-refractivity contribution >= 4 is 5.82 Å². The van der Waals surface area contributed by atoms with Gasteiger partial charge in [0.25, 0.3) is 0 Å². The van der Waals surface area contributed by atoms with Crippen LogP contribution in [-0.2, 0) is 0 Å². The molecule has 0 aromatic carbocycles. The summed E-state index contributed by atoms with van der Waals surface area (Å²) >= 11 is 0. The van der Waals surface area contributed by atoms with Gasteiger partial charge >= 0.3 is 0 Å². The number of anilines is 1. The quantitative estimate of drug-likeness (QED) is 0.923. The second-order valence-electron chi connectivity index (χ2n) is 6.67. The average Bonchev–Trinajstić information content (AvgIpc) is 2.53. The molecule has 4 nitrogen and oxygen atoms in total. The van der Waals surface area contributed by atoms with Gasteiger partial charge in [0.15, 0.2) is 0 Å². The van der Waals surface area contributed by atoms with Crippen LogP contribution in [0.5, 0.6) is 0 Å². The first-order valence-corrected chi connectivity index (χ1v) is 8.34. The summed E-state index contributed by atoms with van der Waals surface area (Å²) in [6.45, 7) is 5.82. The monoisotopic (exact) mass is 288 g/mol. The zero-order valence-corrected chi connectivity index (χ0v) is 13.3. The first-order valence-electron chi connectivity index (χ1n) is 8.34. The fourth-order valence-electron chi connectivity index (χ4n) is 3.59. The zero-order valence-electron chi connectivity index (χ0n) is 13.3. The van der Waals surface area contributed by atoms with Gasteiger partial charge in [-0.05, 0) is 58.3 Å². The first kappa shape index (κ1) is 14.8. The van der Waals surface area contributed by atoms with Crippen molar-refractivity contribution in [3.05, 3.63) is 24.4 Å². The Balaban J connectivity index is 1.46. The molecule has 2 fully saturated rings. The van der Waals surface area contributed by atoms with Crippen molar-refractivity contribution < 1.29 is 0 Å². The lowest BCUT2D eigenvalue weighted by atomic mass is 9.96. The summed E-state index contributed by atoms with van der Waals surface area (Å²) in [7, 11) is 2.24. The van der Waals surface area contributed by atoms with Gasteiger partial charge in [-0.2, -0.15) is 0 Å². The Morgan fingerprint density at radius 2 is 1.86 bits per heavy atom. The van der Waals surface area contributed by atoms with Crippen LogP contribution < -0.4 is 10.2 Å². The topological polar surface area (TPSA) is 31.4 Å². The number of nitrogens with one attached hydrogen (secondary N) is 1. The summed E-state index contributed by atoms with van der Waals surface area (Å²) in [6, 6.07) is 8.29. The smallest absolute Gasteiger partial charge is 0.128 e. The fraction of sp³-hybridized carbons (Fsp3) is 0.706. The number of nitrogens with zero attached hydrogens (tertiary/aromatic N) is 3. The van der Waals surface area contributed by atoms with Crippen molar-refractivity contribution in [3.63, 3.8) is 0 Å². The van der Waals surface area contributed by atoms with Gasteiger partial charge in [-0.25, -0.2) is 4.98 Å². The minimum Gasteiger partial charge on any atom is -0.357 e. The maximum atomic E-state index is 4.46. The molecule has 2 atom stereocenters. The summed E-state index contributed by atoms with van der Waals surface area (Å²) in [5.74, 6) is 1.13. The van der Waals surface area contributed by atoms with E-state index in [0.717, 1.165) is 18.9 Å². The highest BCUT2D eigenvalue weighted by molar-refractivity contribution is 5.38. The average molecular weight is 288 g/mol. The van der Waals surface area contributed by atoms with Crippen molar-refractivity contribution in [1.82, 2.24) is 15.2 Å². The second-order valence-corrected chi connectivity index (χ2v) is 6.67. The number of hydrogen-bond donors (Lipinski definition) is 1. The minimum absolute atomic E-state index is 0.686. The lowest BCUT2D eigenvalue weighted by Crippen LogP contribution is -2.51. The third-order valence-corrected chi connectivity index (χ3v) is 5.15. The van der Waals surface area contributed by atoms with Crippen LogP contribution in [0.15, 0.2) is 24.4 Å². The number of likely N-dealkylation sites (tertiary alicyclic amines) is 1. The van der Waals surface area contributed by atoms with Crippen molar-refractivity contribution in [2.24, 2.45) is 0 Å². The highest BCUT2D eigenvalue weighted by Crippen LogP contribution is 2.20. The molecule has 0 saturated carbocycles. The van der Waals surface area contributed by atoms with E-state index in [1.165, 1.54) is 32.2 Å². The van der Waals surface area contributed by atoms with Crippen molar-refractivity contribution in [2.75, 3.05) is 31.6 Å². The SMILES string of the molecule is CC1CC(NC2CCN(c3ccccn3)CC2)CCN1C. The van der Waals surface area contributed by atoms with Gasteiger partial charge < -0.3 is 15.1 Å². The zero-order chi connectivity index (χ0) is 14.7. The van der Waals surface area contributed by atoms with Crippen molar-refractivity contribution in [2.45, 2.75) is 50.7 Å². The van der Waals surface area contributed by atoms with Crippen molar-refractivity contribution in [1.29, 1.82) is 0 Å². The molecule has 0 bridgehead atoms. The molecular weight excluding hydrogens is 260 g/mol. The lowest BCUT2D eigenvalue weighted by Gasteiger charge is -2.39. The van der Waals surface area contributed by atoms with E-state index in [4.69, 9.17) is 0 Å². The largest absolute Gasteiger partial charge is 0.357 e. The van der Waals surface area contributed by atoms with Crippen LogP contribution in [0, 0.1) is 0 Å². The number of hydrogen-bond acceptors (Lipinski definition) is 4. The van der Waals surface area contributed by atoms with Crippen LogP contribution in [-0.4, -0.2) is 54.7 Å². The Kier molecular flexibility index (Phi) is 4.76. The Bertz CT molecular complexity index is 428. The maximum Gasteiger partial charge on any atom is 0.128 e. The Hall–Kier alpha value is -1.13. The Labute approximate surface area is 128 Å². The summed E-state index contributed by atoms with van der Waals surface area (Å²) in [5.41, 5.74) is 0. The van der Waals surface area contributed by atoms with E-state index < -0.39 is 0 Å². The predicted molar refractivity (Wildman–Crippen MR) is 87.7 cm³/mol. The first-order chi connectivity index (χ1) is 10.2. The molecule has 116 valence electrons. The van der Waals surface area contributed by atoms with E-state index in [2.05, 4.69) is 46.2 Å². The third kappa shape index (κ3) is 3.74. The minimum atomic E-state index is 0.686. The number of aromatic nitrogens is 1. The molecule has 0 radical (unpaired) electrons. The molecule has 2 unspecified atom stereocenters. The second kappa shape index (κ2) is 6.75. The van der Waals surface area contributed by atoms with Gasteiger partial charge in [-0.15, -0.1) is 0 Å². The standard InChI is InChI=1S/C17H28N4/c1-14-13-16(6-10-20(14)2)19-15-7-11-21(12-8-15)17-5-3-4-9-18-17/h3-5,9,14-16,19H,6-8,10-13H2,1-2H3. The molecule has 0 spiro atoms. The van der Waals surface area contributed by atoms with E-state index >= 15 is 0 Å². The van der Waals surface area contributed by atoms with Gasteiger partial charge in [-0.1, -0.05) is 6.07 Å². The molecule has 2 aliphatic heterocycles. The van der Waals surface area contributed by atoms with Crippen LogP contribution in [0.1, 0.15) is 32.6 Å². The summed E-state index contributed by atoms with van der Waals surface area (Å²) in [4.78, 5) is 9.35. The Morgan fingerprint density at radius 3 is 2.52 bits per heavy atom. The predicted octanol–water partition coefficient (Wildman–Crippen LogP) is 2.12. The molecule has 0 aliphatic carbocycles. The van der Waals surface area contributed by atoms with E-state index in [9.17, 15) is 0 Å². The molecule has 3 heterocycles. The molecule has 3 rings (SSSR count). The highest BCUT2D eigenvalue weighted by Gasteiger charge is 2.26. The normalized spacial score (nSPS) is 28.8. The van der Waals surface area contributed by atoms with Gasteiger partial charge in [0.2, 0.25) is 0 Å².